The Morgan fingerprint density at radius 1 is 0.565 bits per heavy atom. The van der Waals surface area contributed by atoms with Crippen LogP contribution in [0, 0.1) is 0 Å². The highest BCUT2D eigenvalue weighted by molar-refractivity contribution is 5.98. The Morgan fingerprint density at radius 2 is 0.952 bits per heavy atom. The normalized spacial score (nSPS) is 23.7. The van der Waals surface area contributed by atoms with E-state index in [9.17, 15) is 38.4 Å². The van der Waals surface area contributed by atoms with E-state index in [0.29, 0.717) is 51.4 Å². The quantitative estimate of drug-likeness (QED) is 0.152. The largest absolute Gasteiger partial charge is 0.445 e. The third-order valence-electron chi connectivity index (χ3n) is 11.2. The summed E-state index contributed by atoms with van der Waals surface area (Å²) in [7, 11) is 0. The van der Waals surface area contributed by atoms with Crippen molar-refractivity contribution in [3.05, 3.63) is 71.8 Å². The van der Waals surface area contributed by atoms with Crippen LogP contribution in [0.4, 0.5) is 9.59 Å². The van der Waals surface area contributed by atoms with E-state index in [-0.39, 0.29) is 52.2 Å². The fraction of sp³-hybridized carbons (Fsp3) is 0.545. The number of carbonyl (C=O) groups is 8. The topological polar surface area (TPSA) is 234 Å². The Kier molecular flexibility index (Phi) is 17.9. The zero-order valence-electron chi connectivity index (χ0n) is 35.5. The SMILES string of the molecule is C[C@H]1NC(=O)[C@H](CCCCNC(=O)OCc2ccccc2)NC(=O)[C@@H]2CCCN2C(=O)[C@@H](C)NC(=O)[C@H](CCCCNC(=O)OCc2ccccc2)NC(=O)[C@@H]2CCCN2C1=O. The molecule has 0 spiro atoms. The van der Waals surface area contributed by atoms with Crippen LogP contribution < -0.4 is 31.9 Å². The third-order valence-corrected chi connectivity index (χ3v) is 11.2. The molecule has 18 heteroatoms. The summed E-state index contributed by atoms with van der Waals surface area (Å²) in [5, 5.41) is 16.4. The average molecular weight is 861 g/mol. The van der Waals surface area contributed by atoms with Crippen LogP contribution in [0.2, 0.25) is 0 Å². The van der Waals surface area contributed by atoms with Crippen molar-refractivity contribution in [1.82, 2.24) is 41.7 Å². The Balaban J connectivity index is 1.21. The van der Waals surface area contributed by atoms with Gasteiger partial charge in [0.25, 0.3) is 0 Å². The molecule has 6 N–H and O–H groups in total. The van der Waals surface area contributed by atoms with Crippen LogP contribution >= 0.6 is 0 Å². The number of hydrogen-bond donors (Lipinski definition) is 6. The summed E-state index contributed by atoms with van der Waals surface area (Å²) in [6, 6.07) is 12.4. The van der Waals surface area contributed by atoms with Crippen LogP contribution in [-0.2, 0) is 51.5 Å². The number of unbranched alkanes of at least 4 members (excludes halogenated alkanes) is 2. The summed E-state index contributed by atoms with van der Waals surface area (Å²) in [4.78, 5) is 110. The molecule has 0 bridgehead atoms. The number of hydrogen-bond acceptors (Lipinski definition) is 10. The highest BCUT2D eigenvalue weighted by Crippen LogP contribution is 2.22. The highest BCUT2D eigenvalue weighted by Gasteiger charge is 2.41. The maximum absolute atomic E-state index is 13.8. The molecule has 18 nitrogen and oxygen atoms in total. The monoisotopic (exact) mass is 860 g/mol. The molecule has 0 saturated carbocycles. The fourth-order valence-corrected chi connectivity index (χ4v) is 7.80. The average Bonchev–Trinajstić information content (AvgIpc) is 3.98. The van der Waals surface area contributed by atoms with Crippen LogP contribution in [0.1, 0.15) is 89.2 Å². The Bertz CT molecular complexity index is 1730. The van der Waals surface area contributed by atoms with Crippen molar-refractivity contribution in [1.29, 1.82) is 0 Å². The second-order valence-corrected chi connectivity index (χ2v) is 15.9. The zero-order chi connectivity index (χ0) is 44.4. The molecule has 2 aromatic rings. The van der Waals surface area contributed by atoms with Crippen molar-refractivity contribution in [2.75, 3.05) is 26.2 Å². The van der Waals surface area contributed by atoms with E-state index in [4.69, 9.17) is 9.47 Å². The van der Waals surface area contributed by atoms with Gasteiger partial charge in [-0.15, -0.1) is 0 Å². The lowest BCUT2D eigenvalue weighted by atomic mass is 10.1. The first-order chi connectivity index (χ1) is 29.9. The lowest BCUT2D eigenvalue weighted by Gasteiger charge is -2.31. The van der Waals surface area contributed by atoms with Crippen LogP contribution in [0.25, 0.3) is 0 Å². The van der Waals surface area contributed by atoms with Gasteiger partial charge >= 0.3 is 12.2 Å². The molecule has 3 fully saturated rings. The van der Waals surface area contributed by atoms with Gasteiger partial charge in [0.05, 0.1) is 0 Å². The van der Waals surface area contributed by atoms with Gasteiger partial charge in [-0.1, -0.05) is 60.7 Å². The first kappa shape index (κ1) is 46.9. The molecular weight excluding hydrogens is 801 g/mol. The first-order valence-corrected chi connectivity index (χ1v) is 21.6. The molecule has 5 rings (SSSR count). The second-order valence-electron chi connectivity index (χ2n) is 15.9. The molecule has 3 aliphatic heterocycles. The van der Waals surface area contributed by atoms with E-state index >= 15 is 0 Å². The fourth-order valence-electron chi connectivity index (χ4n) is 7.80. The summed E-state index contributed by atoms with van der Waals surface area (Å²) in [5.41, 5.74) is 1.69. The van der Waals surface area contributed by atoms with Gasteiger partial charge in [-0.2, -0.15) is 0 Å². The number of nitrogens with zero attached hydrogens (tertiary/aromatic N) is 2. The number of benzene rings is 2. The molecule has 0 radical (unpaired) electrons. The van der Waals surface area contributed by atoms with Crippen LogP contribution in [0.5, 0.6) is 0 Å². The maximum atomic E-state index is 13.8. The van der Waals surface area contributed by atoms with Crippen molar-refractivity contribution in [3.8, 4) is 0 Å². The Labute approximate surface area is 361 Å². The van der Waals surface area contributed by atoms with Crippen molar-refractivity contribution < 1.29 is 47.8 Å². The summed E-state index contributed by atoms with van der Waals surface area (Å²) < 4.78 is 10.5. The molecule has 0 aliphatic carbocycles. The van der Waals surface area contributed by atoms with E-state index < -0.39 is 83.9 Å². The van der Waals surface area contributed by atoms with Gasteiger partial charge in [-0.05, 0) is 89.2 Å². The zero-order valence-corrected chi connectivity index (χ0v) is 35.5. The van der Waals surface area contributed by atoms with E-state index in [0.717, 1.165) is 11.1 Å². The van der Waals surface area contributed by atoms with Gasteiger partial charge in [0.15, 0.2) is 0 Å². The molecule has 3 aliphatic rings. The predicted molar refractivity (Wildman–Crippen MR) is 226 cm³/mol. The molecule has 62 heavy (non-hydrogen) atoms. The standard InChI is InChI=1S/C44H60N8O10/c1-29-41(57)51-25-13-21-35(51)39(55)50-34(20-10-12-24-46-44(60)62-28-32-17-7-4-8-18-32)38(54)48-30(2)42(58)52-26-14-22-36(52)40(56)49-33(37(53)47-29)19-9-11-23-45-43(59)61-27-31-15-5-3-6-16-31/h3-8,15-18,29-30,33-36H,9-14,19-28H2,1-2H3,(H,45,59)(H,46,60)(H,47,53)(H,48,54)(H,49,56)(H,50,55)/t29-,30-,33+,34+,35+,36+/m1/s1. The molecule has 0 aromatic heterocycles. The summed E-state index contributed by atoms with van der Waals surface area (Å²) in [6.07, 6.45) is 2.56. The maximum Gasteiger partial charge on any atom is 0.407 e. The van der Waals surface area contributed by atoms with Gasteiger partial charge in [-0.25, -0.2) is 9.59 Å². The minimum Gasteiger partial charge on any atom is -0.445 e. The minimum absolute atomic E-state index is 0.115. The lowest BCUT2D eigenvalue weighted by molar-refractivity contribution is -0.144. The van der Waals surface area contributed by atoms with Crippen molar-refractivity contribution in [3.63, 3.8) is 0 Å². The van der Waals surface area contributed by atoms with Crippen LogP contribution in [0.15, 0.2) is 60.7 Å². The molecule has 8 amide bonds. The van der Waals surface area contributed by atoms with Gasteiger partial charge in [0.1, 0.15) is 49.5 Å². The number of amides is 8. The highest BCUT2D eigenvalue weighted by atomic mass is 16.6. The molecule has 336 valence electrons. The predicted octanol–water partition coefficient (Wildman–Crippen LogP) is 2.15. The number of carbonyl (C=O) groups excluding carboxylic acids is 8. The number of fused-ring (bicyclic) bond motifs is 2. The summed E-state index contributed by atoms with van der Waals surface area (Å²) >= 11 is 0. The van der Waals surface area contributed by atoms with Crippen molar-refractivity contribution in [2.45, 2.75) is 128 Å². The smallest absolute Gasteiger partial charge is 0.407 e. The van der Waals surface area contributed by atoms with Crippen LogP contribution in [-0.4, -0.2) is 120 Å². The second kappa shape index (κ2) is 23.7. The third kappa shape index (κ3) is 13.9. The molecule has 3 heterocycles. The molecule has 3 saturated heterocycles. The number of rotatable bonds is 14. The number of nitrogens with one attached hydrogen (secondary N) is 6. The molecule has 6 atom stereocenters. The number of ether oxygens (including phenoxy) is 2. The van der Waals surface area contributed by atoms with E-state index in [2.05, 4.69) is 31.9 Å². The first-order valence-electron chi connectivity index (χ1n) is 21.6. The lowest BCUT2D eigenvalue weighted by Crippen LogP contribution is -2.60. The molecule has 2 aromatic carbocycles. The molecular formula is C44H60N8O10. The van der Waals surface area contributed by atoms with Gasteiger partial charge in [0.2, 0.25) is 35.4 Å². The van der Waals surface area contributed by atoms with Crippen molar-refractivity contribution in [2.24, 2.45) is 0 Å². The van der Waals surface area contributed by atoms with Gasteiger partial charge in [-0.3, -0.25) is 28.8 Å². The van der Waals surface area contributed by atoms with E-state index in [1.807, 2.05) is 60.7 Å². The van der Waals surface area contributed by atoms with E-state index in [1.54, 1.807) is 0 Å². The summed E-state index contributed by atoms with van der Waals surface area (Å²) in [5.74, 6) is -3.28. The molecule has 0 unspecified atom stereocenters. The van der Waals surface area contributed by atoms with Crippen LogP contribution in [0.3, 0.4) is 0 Å². The summed E-state index contributed by atoms with van der Waals surface area (Å²) in [6.45, 7) is 4.26. The Hall–Kier alpha value is -6.20. The van der Waals surface area contributed by atoms with Crippen molar-refractivity contribution >= 4 is 47.6 Å². The van der Waals surface area contributed by atoms with Gasteiger partial charge < -0.3 is 51.2 Å². The number of alkyl carbamates (subject to hydrolysis) is 2. The Morgan fingerprint density at radius 3 is 1.34 bits per heavy atom. The van der Waals surface area contributed by atoms with Gasteiger partial charge in [0, 0.05) is 26.2 Å². The minimum atomic E-state index is -1.08. The van der Waals surface area contributed by atoms with E-state index in [1.165, 1.54) is 23.6 Å².